The molecule has 1 aliphatic heterocycles. The van der Waals surface area contributed by atoms with Crippen molar-refractivity contribution in [1.82, 2.24) is 14.8 Å². The molecular formula is C30H37N3O3. The van der Waals surface area contributed by atoms with Crippen molar-refractivity contribution in [2.45, 2.75) is 82.8 Å². The number of hydrogen-bond acceptors (Lipinski definition) is 3. The third-order valence-corrected chi connectivity index (χ3v) is 8.03. The van der Waals surface area contributed by atoms with Crippen LogP contribution in [-0.4, -0.2) is 39.4 Å². The van der Waals surface area contributed by atoms with Crippen LogP contribution in [0.4, 0.5) is 0 Å². The van der Waals surface area contributed by atoms with E-state index in [9.17, 15) is 9.59 Å². The molecule has 1 aliphatic carbocycles. The molecule has 0 bridgehead atoms. The Balaban J connectivity index is 1.48. The van der Waals surface area contributed by atoms with Crippen LogP contribution in [0.3, 0.4) is 0 Å². The number of rotatable bonds is 6. The molecule has 3 heterocycles. The zero-order valence-corrected chi connectivity index (χ0v) is 21.4. The minimum Gasteiger partial charge on any atom is -0.463 e. The minimum atomic E-state index is -1.02. The van der Waals surface area contributed by atoms with E-state index >= 15 is 0 Å². The van der Waals surface area contributed by atoms with E-state index in [-0.39, 0.29) is 23.8 Å². The van der Waals surface area contributed by atoms with Gasteiger partial charge in [-0.2, -0.15) is 0 Å². The Kier molecular flexibility index (Phi) is 7.04. The lowest BCUT2D eigenvalue weighted by Gasteiger charge is -2.46. The van der Waals surface area contributed by atoms with Crippen molar-refractivity contribution >= 4 is 11.8 Å². The number of carbonyl (C=O) groups is 2. The number of carbonyl (C=O) groups excluding carboxylic acids is 2. The van der Waals surface area contributed by atoms with Crippen LogP contribution in [0.5, 0.6) is 0 Å². The molecule has 3 aromatic rings. The zero-order valence-electron chi connectivity index (χ0n) is 21.4. The Morgan fingerprint density at radius 3 is 2.39 bits per heavy atom. The quantitative estimate of drug-likeness (QED) is 0.464. The van der Waals surface area contributed by atoms with Gasteiger partial charge in [0, 0.05) is 12.6 Å². The Labute approximate surface area is 213 Å². The number of aromatic nitrogens is 1. The standard InChI is InChI=1S/C30H37N3O3/c1-22(23-12-7-6-8-13-23)20-33-28(34)26-18-17-25(27-16-11-19-36-27)32(26)21-30(33,2)29(35)31-24-14-9-4-3-5-10-15-24/h6-8,11-13,16-19,22,24H,3-5,9-10,14-15,20-21H2,1-2H3,(H,31,35)/t22-,30+/m0/s1. The summed E-state index contributed by atoms with van der Waals surface area (Å²) >= 11 is 0. The van der Waals surface area contributed by atoms with Gasteiger partial charge in [0.1, 0.15) is 17.0 Å². The fourth-order valence-electron chi connectivity index (χ4n) is 5.80. The molecule has 36 heavy (non-hydrogen) atoms. The minimum absolute atomic E-state index is 0.0635. The molecular weight excluding hydrogens is 450 g/mol. The molecule has 1 fully saturated rings. The molecule has 1 aromatic carbocycles. The molecule has 190 valence electrons. The maximum Gasteiger partial charge on any atom is 0.271 e. The average Bonchev–Trinajstić information content (AvgIpc) is 3.53. The van der Waals surface area contributed by atoms with Gasteiger partial charge < -0.3 is 19.2 Å². The fourth-order valence-corrected chi connectivity index (χ4v) is 5.80. The predicted octanol–water partition coefficient (Wildman–Crippen LogP) is 6.00. The van der Waals surface area contributed by atoms with Gasteiger partial charge >= 0.3 is 0 Å². The lowest BCUT2D eigenvalue weighted by Crippen LogP contribution is -2.65. The number of amides is 2. The summed E-state index contributed by atoms with van der Waals surface area (Å²) in [4.78, 5) is 29.8. The summed E-state index contributed by atoms with van der Waals surface area (Å²) in [5.74, 6) is 0.612. The van der Waals surface area contributed by atoms with Crippen molar-refractivity contribution in [3.8, 4) is 11.5 Å². The van der Waals surface area contributed by atoms with Gasteiger partial charge in [-0.25, -0.2) is 0 Å². The van der Waals surface area contributed by atoms with E-state index in [1.165, 1.54) is 19.3 Å². The number of nitrogens with one attached hydrogen (secondary N) is 1. The molecule has 0 radical (unpaired) electrons. The normalized spacial score (nSPS) is 21.9. The summed E-state index contributed by atoms with van der Waals surface area (Å²) in [6, 6.07) is 17.9. The fraction of sp³-hybridized carbons (Fsp3) is 0.467. The van der Waals surface area contributed by atoms with Gasteiger partial charge in [-0.15, -0.1) is 0 Å². The van der Waals surface area contributed by atoms with Gasteiger partial charge in [-0.3, -0.25) is 9.59 Å². The molecule has 6 nitrogen and oxygen atoms in total. The van der Waals surface area contributed by atoms with Crippen LogP contribution in [0.15, 0.2) is 65.3 Å². The highest BCUT2D eigenvalue weighted by Crippen LogP contribution is 2.35. The van der Waals surface area contributed by atoms with E-state index in [0.717, 1.165) is 36.9 Å². The molecule has 0 saturated heterocycles. The van der Waals surface area contributed by atoms with E-state index in [1.807, 2.05) is 58.9 Å². The second kappa shape index (κ2) is 10.4. The largest absolute Gasteiger partial charge is 0.463 e. The van der Waals surface area contributed by atoms with E-state index in [4.69, 9.17) is 4.42 Å². The van der Waals surface area contributed by atoms with Crippen LogP contribution in [-0.2, 0) is 11.3 Å². The van der Waals surface area contributed by atoms with E-state index in [0.29, 0.717) is 24.5 Å². The number of furan rings is 1. The van der Waals surface area contributed by atoms with E-state index in [2.05, 4.69) is 24.4 Å². The van der Waals surface area contributed by atoms with Crippen molar-refractivity contribution in [3.05, 3.63) is 72.1 Å². The van der Waals surface area contributed by atoms with Crippen LogP contribution < -0.4 is 5.32 Å². The Hall–Kier alpha value is -3.28. The summed E-state index contributed by atoms with van der Waals surface area (Å²) in [7, 11) is 0. The van der Waals surface area contributed by atoms with Crippen LogP contribution in [0.2, 0.25) is 0 Å². The smallest absolute Gasteiger partial charge is 0.271 e. The molecule has 5 rings (SSSR count). The zero-order chi connectivity index (χ0) is 25.1. The first-order valence-electron chi connectivity index (χ1n) is 13.4. The van der Waals surface area contributed by atoms with E-state index in [1.54, 1.807) is 6.26 Å². The lowest BCUT2D eigenvalue weighted by atomic mass is 9.90. The van der Waals surface area contributed by atoms with Crippen molar-refractivity contribution in [2.75, 3.05) is 6.54 Å². The molecule has 0 spiro atoms. The van der Waals surface area contributed by atoms with Gasteiger partial charge in [0.15, 0.2) is 0 Å². The highest BCUT2D eigenvalue weighted by Gasteiger charge is 2.48. The molecule has 2 amide bonds. The summed E-state index contributed by atoms with van der Waals surface area (Å²) in [5, 5.41) is 3.37. The van der Waals surface area contributed by atoms with Crippen LogP contribution in [0, 0.1) is 0 Å². The third kappa shape index (κ3) is 4.73. The van der Waals surface area contributed by atoms with E-state index < -0.39 is 5.54 Å². The molecule has 2 aromatic heterocycles. The van der Waals surface area contributed by atoms with Crippen molar-refractivity contribution in [3.63, 3.8) is 0 Å². The number of fused-ring (bicyclic) bond motifs is 1. The first kappa shape index (κ1) is 24.4. The molecule has 2 aliphatic rings. The van der Waals surface area contributed by atoms with Gasteiger partial charge in [0.25, 0.3) is 5.91 Å². The predicted molar refractivity (Wildman–Crippen MR) is 141 cm³/mol. The number of hydrogen-bond donors (Lipinski definition) is 1. The molecule has 6 heteroatoms. The summed E-state index contributed by atoms with van der Waals surface area (Å²) in [6.45, 7) is 4.91. The maximum atomic E-state index is 14.0. The number of nitrogens with zero attached hydrogens (tertiary/aromatic N) is 2. The highest BCUT2D eigenvalue weighted by molar-refractivity contribution is 6.00. The molecule has 1 N–H and O–H groups in total. The van der Waals surface area contributed by atoms with Crippen LogP contribution >= 0.6 is 0 Å². The van der Waals surface area contributed by atoms with Gasteiger partial charge in [-0.1, -0.05) is 69.4 Å². The summed E-state index contributed by atoms with van der Waals surface area (Å²) in [6.07, 6.45) is 9.65. The van der Waals surface area contributed by atoms with Crippen LogP contribution in [0.1, 0.15) is 80.8 Å². The number of benzene rings is 1. The Bertz CT molecular complexity index is 1180. The molecule has 0 unspecified atom stereocenters. The second-order valence-corrected chi connectivity index (χ2v) is 10.7. The van der Waals surface area contributed by atoms with Crippen molar-refractivity contribution < 1.29 is 14.0 Å². The second-order valence-electron chi connectivity index (χ2n) is 10.7. The third-order valence-electron chi connectivity index (χ3n) is 8.03. The van der Waals surface area contributed by atoms with Gasteiger partial charge in [0.05, 0.1) is 18.5 Å². The van der Waals surface area contributed by atoms with Crippen molar-refractivity contribution in [2.24, 2.45) is 0 Å². The average molecular weight is 488 g/mol. The first-order valence-corrected chi connectivity index (χ1v) is 13.4. The molecule has 1 saturated carbocycles. The van der Waals surface area contributed by atoms with Gasteiger partial charge in [-0.05, 0) is 55.5 Å². The SMILES string of the molecule is C[C@@H](CN1C(=O)c2ccc(-c3ccco3)n2C[C@]1(C)C(=O)NC1CCCCCCC1)c1ccccc1. The highest BCUT2D eigenvalue weighted by atomic mass is 16.3. The van der Waals surface area contributed by atoms with Gasteiger partial charge in [0.2, 0.25) is 5.91 Å². The Morgan fingerprint density at radius 1 is 1.00 bits per heavy atom. The van der Waals surface area contributed by atoms with Crippen molar-refractivity contribution in [1.29, 1.82) is 0 Å². The summed E-state index contributed by atoms with van der Waals surface area (Å²) in [5.41, 5.74) is 1.56. The monoisotopic (exact) mass is 487 g/mol. The first-order chi connectivity index (χ1) is 17.5. The molecule has 2 atom stereocenters. The Morgan fingerprint density at radius 2 is 1.69 bits per heavy atom. The topological polar surface area (TPSA) is 67.5 Å². The lowest BCUT2D eigenvalue weighted by molar-refractivity contribution is -0.133. The summed E-state index contributed by atoms with van der Waals surface area (Å²) < 4.78 is 7.62. The maximum absolute atomic E-state index is 14.0. The van der Waals surface area contributed by atoms with Crippen LogP contribution in [0.25, 0.3) is 11.5 Å².